The van der Waals surface area contributed by atoms with Crippen molar-refractivity contribution in [2.24, 2.45) is 0 Å². The number of non-ortho nitro benzene ring substituents is 1. The summed E-state index contributed by atoms with van der Waals surface area (Å²) in [4.78, 5) is 34.6. The van der Waals surface area contributed by atoms with Crippen LogP contribution in [0.5, 0.6) is 0 Å². The van der Waals surface area contributed by atoms with Crippen LogP contribution in [0.2, 0.25) is 0 Å². The van der Waals surface area contributed by atoms with Crippen LogP contribution in [-0.2, 0) is 19.7 Å². The lowest BCUT2D eigenvalue weighted by Gasteiger charge is -2.37. The maximum absolute atomic E-state index is 12.3. The van der Waals surface area contributed by atoms with E-state index in [1.165, 1.54) is 24.3 Å². The fourth-order valence-corrected chi connectivity index (χ4v) is 3.31. The van der Waals surface area contributed by atoms with E-state index in [9.17, 15) is 19.7 Å². The summed E-state index contributed by atoms with van der Waals surface area (Å²) >= 11 is 0. The Kier molecular flexibility index (Phi) is 6.00. The number of hydrogen-bond acceptors (Lipinski definition) is 5. The van der Waals surface area contributed by atoms with Gasteiger partial charge in [-0.15, -0.1) is 0 Å². The lowest BCUT2D eigenvalue weighted by molar-refractivity contribution is -0.384. The first-order valence-corrected chi connectivity index (χ1v) is 8.97. The Hall–Kier alpha value is -3.26. The summed E-state index contributed by atoms with van der Waals surface area (Å²) in [6.07, 6.45) is 1.50. The van der Waals surface area contributed by atoms with Crippen LogP contribution in [0, 0.1) is 10.1 Å². The van der Waals surface area contributed by atoms with Gasteiger partial charge >= 0.3 is 11.8 Å². The van der Waals surface area contributed by atoms with E-state index in [-0.39, 0.29) is 11.1 Å². The molecule has 28 heavy (non-hydrogen) atoms. The predicted octanol–water partition coefficient (Wildman–Crippen LogP) is 2.40. The van der Waals surface area contributed by atoms with Gasteiger partial charge in [-0.05, 0) is 30.5 Å². The first-order valence-electron chi connectivity index (χ1n) is 8.97. The largest absolute Gasteiger partial charge is 0.381 e. The summed E-state index contributed by atoms with van der Waals surface area (Å²) < 4.78 is 5.47. The number of benzene rings is 2. The number of ether oxygens (including phenoxy) is 1. The smallest absolute Gasteiger partial charge is 0.313 e. The molecule has 0 unspecified atom stereocenters. The number of hydrogen-bond donors (Lipinski definition) is 2. The minimum atomic E-state index is -0.816. The van der Waals surface area contributed by atoms with Crippen LogP contribution >= 0.6 is 0 Å². The van der Waals surface area contributed by atoms with Crippen molar-refractivity contribution >= 4 is 23.2 Å². The van der Waals surface area contributed by atoms with Crippen LogP contribution in [0.25, 0.3) is 0 Å². The summed E-state index contributed by atoms with van der Waals surface area (Å²) in [7, 11) is 0. The monoisotopic (exact) mass is 383 g/mol. The average Bonchev–Trinajstić information content (AvgIpc) is 2.73. The topological polar surface area (TPSA) is 111 Å². The van der Waals surface area contributed by atoms with Crippen LogP contribution in [-0.4, -0.2) is 36.5 Å². The number of nitrogens with zero attached hydrogens (tertiary/aromatic N) is 1. The third kappa shape index (κ3) is 4.52. The highest BCUT2D eigenvalue weighted by molar-refractivity contribution is 6.39. The SMILES string of the molecule is O=C(NCC1(c2ccccc2)CCOCC1)C(=O)Nc1ccc([N+](=O)[O-])cc1. The van der Waals surface area contributed by atoms with E-state index in [0.717, 1.165) is 18.4 Å². The van der Waals surface area contributed by atoms with E-state index in [0.29, 0.717) is 25.4 Å². The molecule has 8 heteroatoms. The van der Waals surface area contributed by atoms with Crippen LogP contribution in [0.4, 0.5) is 11.4 Å². The maximum atomic E-state index is 12.3. The van der Waals surface area contributed by atoms with Gasteiger partial charge in [0.05, 0.1) is 4.92 Å². The summed E-state index contributed by atoms with van der Waals surface area (Å²) in [6, 6.07) is 15.2. The van der Waals surface area contributed by atoms with Gasteiger partial charge in [0.25, 0.3) is 5.69 Å². The number of carbonyl (C=O) groups excluding carboxylic acids is 2. The molecular weight excluding hydrogens is 362 g/mol. The Morgan fingerprint density at radius 2 is 1.64 bits per heavy atom. The third-order valence-corrected chi connectivity index (χ3v) is 4.97. The molecule has 146 valence electrons. The number of nitro benzene ring substituents is 1. The highest BCUT2D eigenvalue weighted by atomic mass is 16.6. The Bertz CT molecular complexity index is 846. The second-order valence-corrected chi connectivity index (χ2v) is 6.70. The molecule has 0 atom stereocenters. The van der Waals surface area contributed by atoms with Gasteiger partial charge in [0.15, 0.2) is 0 Å². The molecule has 1 saturated heterocycles. The van der Waals surface area contributed by atoms with Gasteiger partial charge in [-0.1, -0.05) is 30.3 Å². The standard InChI is InChI=1S/C20H21N3O5/c24-18(19(25)22-16-6-8-17(9-7-16)23(26)27)21-14-20(10-12-28-13-11-20)15-4-2-1-3-5-15/h1-9H,10-14H2,(H,21,24)(H,22,25). The highest BCUT2D eigenvalue weighted by Crippen LogP contribution is 2.34. The molecule has 1 fully saturated rings. The van der Waals surface area contributed by atoms with Gasteiger partial charge in [-0.2, -0.15) is 0 Å². The normalized spacial score (nSPS) is 15.4. The molecule has 1 aliphatic rings. The summed E-state index contributed by atoms with van der Waals surface area (Å²) in [5.41, 5.74) is 1.05. The van der Waals surface area contributed by atoms with E-state index in [1.807, 2.05) is 30.3 Å². The van der Waals surface area contributed by atoms with Crippen LogP contribution in [0.3, 0.4) is 0 Å². The zero-order valence-corrected chi connectivity index (χ0v) is 15.2. The zero-order chi connectivity index (χ0) is 20.0. The molecule has 2 aromatic carbocycles. The van der Waals surface area contributed by atoms with Gasteiger partial charge in [0.2, 0.25) is 0 Å². The maximum Gasteiger partial charge on any atom is 0.313 e. The molecule has 1 heterocycles. The molecule has 8 nitrogen and oxygen atoms in total. The predicted molar refractivity (Wildman–Crippen MR) is 103 cm³/mol. The van der Waals surface area contributed by atoms with Crippen LogP contribution in [0.15, 0.2) is 54.6 Å². The van der Waals surface area contributed by atoms with E-state index in [2.05, 4.69) is 10.6 Å². The average molecular weight is 383 g/mol. The Morgan fingerprint density at radius 1 is 1.00 bits per heavy atom. The van der Waals surface area contributed by atoms with Gasteiger partial charge in [-0.3, -0.25) is 19.7 Å². The molecular formula is C20H21N3O5. The van der Waals surface area contributed by atoms with Gasteiger partial charge in [0.1, 0.15) is 0 Å². The first-order chi connectivity index (χ1) is 13.5. The summed E-state index contributed by atoms with van der Waals surface area (Å²) in [5, 5.41) is 15.8. The minimum absolute atomic E-state index is 0.0910. The van der Waals surface area contributed by atoms with Crippen molar-refractivity contribution in [1.82, 2.24) is 5.32 Å². The molecule has 0 radical (unpaired) electrons. The van der Waals surface area contributed by atoms with Crippen molar-refractivity contribution in [3.05, 3.63) is 70.3 Å². The lowest BCUT2D eigenvalue weighted by atomic mass is 9.74. The highest BCUT2D eigenvalue weighted by Gasteiger charge is 2.35. The lowest BCUT2D eigenvalue weighted by Crippen LogP contribution is -2.47. The van der Waals surface area contributed by atoms with Crippen LogP contribution in [0.1, 0.15) is 18.4 Å². The van der Waals surface area contributed by atoms with Crippen molar-refractivity contribution in [2.45, 2.75) is 18.3 Å². The molecule has 2 N–H and O–H groups in total. The van der Waals surface area contributed by atoms with Crippen molar-refractivity contribution in [3.63, 3.8) is 0 Å². The molecule has 0 aromatic heterocycles. The van der Waals surface area contributed by atoms with Gasteiger partial charge < -0.3 is 15.4 Å². The molecule has 0 spiro atoms. The molecule has 0 bridgehead atoms. The zero-order valence-electron chi connectivity index (χ0n) is 15.2. The van der Waals surface area contributed by atoms with E-state index in [1.54, 1.807) is 0 Å². The van der Waals surface area contributed by atoms with Gasteiger partial charge in [-0.25, -0.2) is 0 Å². The molecule has 0 saturated carbocycles. The molecule has 2 aromatic rings. The molecule has 2 amide bonds. The van der Waals surface area contributed by atoms with Gasteiger partial charge in [0, 0.05) is 43.0 Å². The molecule has 1 aliphatic heterocycles. The first kappa shape index (κ1) is 19.5. The number of nitro groups is 1. The van der Waals surface area contributed by atoms with Crippen molar-refractivity contribution in [3.8, 4) is 0 Å². The second kappa shape index (κ2) is 8.62. The number of carbonyl (C=O) groups is 2. The minimum Gasteiger partial charge on any atom is -0.381 e. The van der Waals surface area contributed by atoms with E-state index >= 15 is 0 Å². The Morgan fingerprint density at radius 3 is 2.25 bits per heavy atom. The van der Waals surface area contributed by atoms with Crippen LogP contribution < -0.4 is 10.6 Å². The molecule has 3 rings (SSSR count). The number of anilines is 1. The fourth-order valence-electron chi connectivity index (χ4n) is 3.31. The number of amides is 2. The van der Waals surface area contributed by atoms with E-state index in [4.69, 9.17) is 4.74 Å². The van der Waals surface area contributed by atoms with Crippen molar-refractivity contribution < 1.29 is 19.2 Å². The van der Waals surface area contributed by atoms with Crippen molar-refractivity contribution in [1.29, 1.82) is 0 Å². The Balaban J connectivity index is 1.62. The summed E-state index contributed by atoms with van der Waals surface area (Å²) in [5.74, 6) is -1.57. The molecule has 0 aliphatic carbocycles. The van der Waals surface area contributed by atoms with E-state index < -0.39 is 16.7 Å². The number of rotatable bonds is 5. The fraction of sp³-hybridized carbons (Fsp3) is 0.300. The van der Waals surface area contributed by atoms with Crippen molar-refractivity contribution in [2.75, 3.05) is 25.1 Å². The summed E-state index contributed by atoms with van der Waals surface area (Å²) in [6.45, 7) is 1.52. The Labute approximate surface area is 162 Å². The second-order valence-electron chi connectivity index (χ2n) is 6.70. The number of nitrogens with one attached hydrogen (secondary N) is 2. The third-order valence-electron chi connectivity index (χ3n) is 4.97. The quantitative estimate of drug-likeness (QED) is 0.468.